The van der Waals surface area contributed by atoms with E-state index in [9.17, 15) is 0 Å². The first-order valence-corrected chi connectivity index (χ1v) is 6.65. The van der Waals surface area contributed by atoms with Gasteiger partial charge in [0.15, 0.2) is 0 Å². The van der Waals surface area contributed by atoms with Gasteiger partial charge in [-0.05, 0) is 26.1 Å². The van der Waals surface area contributed by atoms with Gasteiger partial charge >= 0.3 is 0 Å². The van der Waals surface area contributed by atoms with E-state index in [2.05, 4.69) is 22.0 Å². The molecule has 0 aromatic rings. The van der Waals surface area contributed by atoms with Crippen molar-refractivity contribution in [3.63, 3.8) is 0 Å². The minimum atomic E-state index is 0.423. The zero-order valence-corrected chi connectivity index (χ0v) is 10.5. The zero-order valence-electron chi connectivity index (χ0n) is 10.5. The molecule has 1 N–H and O–H groups in total. The Morgan fingerprint density at radius 1 is 1.19 bits per heavy atom. The molecule has 2 rings (SSSR count). The number of nitrogens with zero attached hydrogens (tertiary/aromatic N) is 2. The van der Waals surface area contributed by atoms with E-state index < -0.39 is 0 Å². The fraction of sp³-hybridized carbons (Fsp3) is 1.00. The summed E-state index contributed by atoms with van der Waals surface area (Å²) in [6.07, 6.45) is 1.69. The highest BCUT2D eigenvalue weighted by Crippen LogP contribution is 2.07. The van der Waals surface area contributed by atoms with Crippen LogP contribution in [0, 0.1) is 0 Å². The highest BCUT2D eigenvalue weighted by atomic mass is 16.5. The molecule has 2 heterocycles. The van der Waals surface area contributed by atoms with Crippen LogP contribution in [0.3, 0.4) is 0 Å². The molecule has 1 atom stereocenters. The van der Waals surface area contributed by atoms with Gasteiger partial charge in [-0.2, -0.15) is 0 Å². The van der Waals surface area contributed by atoms with Crippen LogP contribution >= 0.6 is 0 Å². The van der Waals surface area contributed by atoms with E-state index in [0.29, 0.717) is 6.10 Å². The second-order valence-electron chi connectivity index (χ2n) is 4.79. The predicted octanol–water partition coefficient (Wildman–Crippen LogP) is 0.00240. The number of ether oxygens (including phenoxy) is 1. The van der Waals surface area contributed by atoms with Gasteiger partial charge in [0.25, 0.3) is 0 Å². The van der Waals surface area contributed by atoms with Gasteiger partial charge in [-0.3, -0.25) is 9.80 Å². The number of likely N-dealkylation sites (N-methyl/N-ethyl adjacent to an activating group) is 1. The van der Waals surface area contributed by atoms with Crippen molar-refractivity contribution in [1.82, 2.24) is 15.1 Å². The van der Waals surface area contributed by atoms with Gasteiger partial charge in [0, 0.05) is 32.7 Å². The average Bonchev–Trinajstić information content (AvgIpc) is 2.58. The normalized spacial score (nSPS) is 30.2. The second-order valence-corrected chi connectivity index (χ2v) is 4.79. The number of morpholine rings is 1. The van der Waals surface area contributed by atoms with E-state index in [4.69, 9.17) is 4.74 Å². The van der Waals surface area contributed by atoms with Crippen molar-refractivity contribution >= 4 is 0 Å². The van der Waals surface area contributed by atoms with E-state index in [-0.39, 0.29) is 0 Å². The minimum absolute atomic E-state index is 0.423. The Hall–Kier alpha value is -0.160. The monoisotopic (exact) mass is 227 g/mol. The summed E-state index contributed by atoms with van der Waals surface area (Å²) >= 11 is 0. The maximum absolute atomic E-state index is 5.85. The number of rotatable bonds is 3. The molecule has 0 spiro atoms. The third-order valence-electron chi connectivity index (χ3n) is 3.56. The summed E-state index contributed by atoms with van der Waals surface area (Å²) in [6, 6.07) is 0. The van der Waals surface area contributed by atoms with Crippen molar-refractivity contribution in [3.05, 3.63) is 0 Å². The van der Waals surface area contributed by atoms with Crippen molar-refractivity contribution in [2.75, 3.05) is 59.0 Å². The molecule has 0 aliphatic carbocycles. The van der Waals surface area contributed by atoms with E-state index >= 15 is 0 Å². The third kappa shape index (κ3) is 3.70. The Bertz CT molecular complexity index is 193. The van der Waals surface area contributed by atoms with Crippen LogP contribution in [0.15, 0.2) is 0 Å². The van der Waals surface area contributed by atoms with Crippen molar-refractivity contribution in [3.8, 4) is 0 Å². The lowest BCUT2D eigenvalue weighted by Crippen LogP contribution is -2.47. The highest BCUT2D eigenvalue weighted by molar-refractivity contribution is 4.76. The smallest absolute Gasteiger partial charge is 0.0829 e. The van der Waals surface area contributed by atoms with Crippen LogP contribution in [0.2, 0.25) is 0 Å². The quantitative estimate of drug-likeness (QED) is 0.735. The molecule has 0 aromatic carbocycles. The van der Waals surface area contributed by atoms with Gasteiger partial charge in [0.1, 0.15) is 0 Å². The Morgan fingerprint density at radius 3 is 3.00 bits per heavy atom. The van der Waals surface area contributed by atoms with Crippen LogP contribution in [0.4, 0.5) is 0 Å². The summed E-state index contributed by atoms with van der Waals surface area (Å²) in [4.78, 5) is 5.04. The number of hydrogen-bond acceptors (Lipinski definition) is 4. The first kappa shape index (κ1) is 12.3. The Kier molecular flexibility index (Phi) is 5.03. The molecule has 0 saturated carbocycles. The summed E-state index contributed by atoms with van der Waals surface area (Å²) in [5, 5.41) is 3.44. The van der Waals surface area contributed by atoms with Crippen molar-refractivity contribution in [2.24, 2.45) is 0 Å². The van der Waals surface area contributed by atoms with Gasteiger partial charge in [-0.15, -0.1) is 0 Å². The molecule has 0 amide bonds. The van der Waals surface area contributed by atoms with Crippen molar-refractivity contribution in [1.29, 1.82) is 0 Å². The number of nitrogens with one attached hydrogen (secondary N) is 1. The molecule has 2 aliphatic heterocycles. The standard InChI is InChI=1S/C12H25N3O/c1-2-14-8-9-16-12(10-14)11-15-6-3-4-13-5-7-15/h12-13H,2-11H2,1H3. The lowest BCUT2D eigenvalue weighted by atomic mass is 10.2. The van der Waals surface area contributed by atoms with Crippen LogP contribution in [0.5, 0.6) is 0 Å². The topological polar surface area (TPSA) is 27.7 Å². The van der Waals surface area contributed by atoms with E-state index in [1.807, 2.05) is 0 Å². The fourth-order valence-electron chi connectivity index (χ4n) is 2.55. The van der Waals surface area contributed by atoms with Crippen LogP contribution in [-0.4, -0.2) is 74.9 Å². The van der Waals surface area contributed by atoms with Crippen LogP contribution in [0.25, 0.3) is 0 Å². The largest absolute Gasteiger partial charge is 0.374 e. The maximum Gasteiger partial charge on any atom is 0.0829 e. The first-order chi connectivity index (χ1) is 7.88. The highest BCUT2D eigenvalue weighted by Gasteiger charge is 2.21. The summed E-state index contributed by atoms with van der Waals surface area (Å²) in [5.74, 6) is 0. The van der Waals surface area contributed by atoms with Gasteiger partial charge < -0.3 is 10.1 Å². The van der Waals surface area contributed by atoms with Gasteiger partial charge in [-0.25, -0.2) is 0 Å². The molecule has 2 saturated heterocycles. The summed E-state index contributed by atoms with van der Waals surface area (Å²) in [7, 11) is 0. The summed E-state index contributed by atoms with van der Waals surface area (Å²) < 4.78 is 5.85. The van der Waals surface area contributed by atoms with E-state index in [0.717, 1.165) is 39.3 Å². The van der Waals surface area contributed by atoms with Gasteiger partial charge in [0.05, 0.1) is 12.7 Å². The Morgan fingerprint density at radius 2 is 2.12 bits per heavy atom. The molecule has 0 aromatic heterocycles. The van der Waals surface area contributed by atoms with Crippen LogP contribution in [0.1, 0.15) is 13.3 Å². The molecular weight excluding hydrogens is 202 g/mol. The van der Waals surface area contributed by atoms with Crippen LogP contribution in [-0.2, 0) is 4.74 Å². The molecule has 2 fully saturated rings. The molecule has 94 valence electrons. The lowest BCUT2D eigenvalue weighted by molar-refractivity contribution is -0.0410. The Balaban J connectivity index is 1.74. The molecule has 2 aliphatic rings. The van der Waals surface area contributed by atoms with Gasteiger partial charge in [0.2, 0.25) is 0 Å². The molecule has 4 heteroatoms. The lowest BCUT2D eigenvalue weighted by Gasteiger charge is -2.34. The van der Waals surface area contributed by atoms with Crippen LogP contribution < -0.4 is 5.32 Å². The SMILES string of the molecule is CCN1CCOC(CN2CCCNCC2)C1. The maximum atomic E-state index is 5.85. The molecule has 4 nitrogen and oxygen atoms in total. The third-order valence-corrected chi connectivity index (χ3v) is 3.56. The average molecular weight is 227 g/mol. The molecule has 1 unspecified atom stereocenters. The number of hydrogen-bond donors (Lipinski definition) is 1. The summed E-state index contributed by atoms with van der Waals surface area (Å²) in [6.45, 7) is 12.3. The molecule has 0 bridgehead atoms. The zero-order chi connectivity index (χ0) is 11.2. The molecule has 0 radical (unpaired) electrons. The summed E-state index contributed by atoms with van der Waals surface area (Å²) in [5.41, 5.74) is 0. The first-order valence-electron chi connectivity index (χ1n) is 6.65. The van der Waals surface area contributed by atoms with Crippen molar-refractivity contribution in [2.45, 2.75) is 19.4 Å². The van der Waals surface area contributed by atoms with Gasteiger partial charge in [-0.1, -0.05) is 6.92 Å². The van der Waals surface area contributed by atoms with E-state index in [1.54, 1.807) is 0 Å². The van der Waals surface area contributed by atoms with Crippen molar-refractivity contribution < 1.29 is 4.74 Å². The second kappa shape index (κ2) is 6.55. The molecular formula is C12H25N3O. The van der Waals surface area contributed by atoms with E-state index in [1.165, 1.54) is 26.1 Å². The minimum Gasteiger partial charge on any atom is -0.374 e. The molecule has 16 heavy (non-hydrogen) atoms. The fourth-order valence-corrected chi connectivity index (χ4v) is 2.55. The predicted molar refractivity (Wildman–Crippen MR) is 65.8 cm³/mol. The Labute approximate surface area is 98.9 Å².